The van der Waals surface area contributed by atoms with E-state index in [4.69, 9.17) is 29.4 Å². The predicted octanol–water partition coefficient (Wildman–Crippen LogP) is 6.54. The van der Waals surface area contributed by atoms with Crippen LogP contribution in [0.25, 0.3) is 33.9 Å². The number of nitrogens with two attached hydrogens (primary N) is 1. The molecule has 4 aromatic carbocycles. The Bertz CT molecular complexity index is 3310. The molecule has 0 bridgehead atoms. The monoisotopic (exact) mass is 1090 g/mol. The molecule has 6 N–H and O–H groups in total. The molecular formula is C52H62N12O11S2. The van der Waals surface area contributed by atoms with Crippen LogP contribution < -0.4 is 35.3 Å². The third kappa shape index (κ3) is 14.8. The second kappa shape index (κ2) is 23.8. The molecule has 0 saturated heterocycles. The van der Waals surface area contributed by atoms with Crippen molar-refractivity contribution in [3.63, 3.8) is 0 Å². The molecule has 3 aromatic heterocycles. The van der Waals surface area contributed by atoms with Gasteiger partial charge in [-0.15, -0.1) is 5.10 Å². The van der Waals surface area contributed by atoms with Crippen LogP contribution in [0.2, 0.25) is 0 Å². The Morgan fingerprint density at radius 2 is 1.23 bits per heavy atom. The van der Waals surface area contributed by atoms with Crippen molar-refractivity contribution in [2.75, 3.05) is 40.2 Å². The Hall–Kier alpha value is -8.13. The van der Waals surface area contributed by atoms with Gasteiger partial charge in [-0.25, -0.2) is 40.8 Å². The van der Waals surface area contributed by atoms with Gasteiger partial charge in [-0.3, -0.25) is 4.98 Å². The van der Waals surface area contributed by atoms with Crippen LogP contribution in [-0.2, 0) is 49.2 Å². The fourth-order valence-electron chi connectivity index (χ4n) is 7.80. The lowest BCUT2D eigenvalue weighted by Gasteiger charge is -2.28. The topological polar surface area (TPSA) is 299 Å². The number of benzene rings is 4. The van der Waals surface area contributed by atoms with Crippen LogP contribution in [0.15, 0.2) is 119 Å². The third-order valence-electron chi connectivity index (χ3n) is 11.3. The minimum atomic E-state index is -5.12. The van der Waals surface area contributed by atoms with Gasteiger partial charge in [0.2, 0.25) is 20.0 Å². The van der Waals surface area contributed by atoms with E-state index in [0.29, 0.717) is 50.9 Å². The number of aromatic amines is 1. The van der Waals surface area contributed by atoms with Crippen molar-refractivity contribution < 1.29 is 50.1 Å². The normalized spacial score (nSPS) is 12.1. The summed E-state index contributed by atoms with van der Waals surface area (Å²) >= 11 is 0. The summed E-state index contributed by atoms with van der Waals surface area (Å²) in [6, 6.07) is 25.1. The summed E-state index contributed by atoms with van der Waals surface area (Å²) in [5, 5.41) is 17.9. The zero-order valence-electron chi connectivity index (χ0n) is 44.0. The number of tetrazole rings is 1. The molecule has 0 atom stereocenters. The van der Waals surface area contributed by atoms with Crippen LogP contribution in [0, 0.1) is 0 Å². The molecule has 0 spiro atoms. The summed E-state index contributed by atoms with van der Waals surface area (Å²) in [7, 11) is -5.66. The highest BCUT2D eigenvalue weighted by Gasteiger charge is 2.39. The van der Waals surface area contributed by atoms with Crippen molar-refractivity contribution in [3.8, 4) is 51.2 Å². The van der Waals surface area contributed by atoms with Crippen LogP contribution in [0.3, 0.4) is 0 Å². The van der Waals surface area contributed by atoms with Gasteiger partial charge in [0.05, 0.1) is 57.1 Å². The van der Waals surface area contributed by atoms with Crippen molar-refractivity contribution in [2.24, 2.45) is 0 Å². The van der Waals surface area contributed by atoms with Gasteiger partial charge in [-0.1, -0.05) is 42.5 Å². The van der Waals surface area contributed by atoms with Crippen LogP contribution in [0.1, 0.15) is 58.2 Å². The number of alkyl carbamates (subject to hydrolysis) is 2. The molecule has 0 aliphatic heterocycles. The Morgan fingerprint density at radius 3 is 1.71 bits per heavy atom. The zero-order valence-corrected chi connectivity index (χ0v) is 45.7. The Balaban J connectivity index is 1.50. The largest absolute Gasteiger partial charge is 0.497 e. The molecule has 3 heterocycles. The average molecular weight is 1100 g/mol. The number of nitrogens with one attached hydrogen (secondary N) is 4. The molecule has 23 nitrogen and oxygen atoms in total. The van der Waals surface area contributed by atoms with E-state index in [0.717, 1.165) is 4.31 Å². The maximum absolute atomic E-state index is 16.5. The number of carbonyl (C=O) groups is 2. The number of nitrogen functional groups attached to an aromatic ring is 1. The molecule has 0 fully saturated rings. The number of sulfonamides is 2. The second-order valence-electron chi connectivity index (χ2n) is 19.5. The predicted molar refractivity (Wildman–Crippen MR) is 286 cm³/mol. The minimum absolute atomic E-state index is 0.0222. The van der Waals surface area contributed by atoms with Gasteiger partial charge < -0.3 is 45.0 Å². The number of aromatic nitrogens is 7. The summed E-state index contributed by atoms with van der Waals surface area (Å²) in [6.07, 6.45) is 1.20. The van der Waals surface area contributed by atoms with E-state index in [1.165, 1.54) is 50.5 Å². The van der Waals surface area contributed by atoms with Gasteiger partial charge in [0.1, 0.15) is 38.2 Å². The van der Waals surface area contributed by atoms with E-state index < -0.39 is 72.4 Å². The first-order chi connectivity index (χ1) is 36.4. The summed E-state index contributed by atoms with van der Waals surface area (Å²) in [6.45, 7) is 8.43. The highest BCUT2D eigenvalue weighted by molar-refractivity contribution is 7.92. The van der Waals surface area contributed by atoms with Crippen molar-refractivity contribution in [1.29, 1.82) is 0 Å². The number of rotatable bonds is 21. The molecule has 25 heteroatoms. The van der Waals surface area contributed by atoms with E-state index in [1.54, 1.807) is 126 Å². The average Bonchev–Trinajstić information content (AvgIpc) is 4.09. The van der Waals surface area contributed by atoms with Crippen LogP contribution in [0.5, 0.6) is 17.2 Å². The van der Waals surface area contributed by atoms with Gasteiger partial charge >= 0.3 is 12.2 Å². The number of pyridine rings is 1. The number of nitrogens with zero attached hydrogens (tertiary/aromatic N) is 7. The Labute approximate surface area is 447 Å². The lowest BCUT2D eigenvalue weighted by molar-refractivity contribution is 0.0517. The van der Waals surface area contributed by atoms with Crippen LogP contribution in [-0.4, -0.2) is 120 Å². The number of hydrogen-bond donors (Lipinski definition) is 5. The number of methoxy groups -OCH3 is 3. The van der Waals surface area contributed by atoms with Crippen molar-refractivity contribution in [2.45, 2.75) is 88.2 Å². The first-order valence-electron chi connectivity index (χ1n) is 24.0. The number of hydrogen-bond acceptors (Lipinski definition) is 17. The van der Waals surface area contributed by atoms with Gasteiger partial charge in [0.25, 0.3) is 0 Å². The van der Waals surface area contributed by atoms with Crippen molar-refractivity contribution in [1.82, 2.24) is 54.8 Å². The van der Waals surface area contributed by atoms with E-state index in [9.17, 15) is 9.59 Å². The zero-order chi connectivity index (χ0) is 55.7. The van der Waals surface area contributed by atoms with E-state index in [-0.39, 0.29) is 42.5 Å². The summed E-state index contributed by atoms with van der Waals surface area (Å²) in [4.78, 5) is 36.2. The van der Waals surface area contributed by atoms with Crippen LogP contribution >= 0.6 is 0 Å². The van der Waals surface area contributed by atoms with Gasteiger partial charge in [0, 0.05) is 32.4 Å². The molecule has 2 amide bonds. The molecular weight excluding hydrogens is 1030 g/mol. The van der Waals surface area contributed by atoms with Gasteiger partial charge in [0.15, 0.2) is 11.8 Å². The highest BCUT2D eigenvalue weighted by Crippen LogP contribution is 2.43. The highest BCUT2D eigenvalue weighted by atomic mass is 32.2. The molecule has 0 saturated carbocycles. The van der Waals surface area contributed by atoms with E-state index >= 15 is 16.8 Å². The lowest BCUT2D eigenvalue weighted by Crippen LogP contribution is -2.51. The molecule has 408 valence electrons. The van der Waals surface area contributed by atoms with E-state index in [1.807, 2.05) is 0 Å². The summed E-state index contributed by atoms with van der Waals surface area (Å²) < 4.78 is 96.3. The number of ether oxygens (including phenoxy) is 5. The number of imidazole rings is 1. The number of carbonyl (C=O) groups excluding carboxylic acids is 2. The number of amides is 2. The minimum Gasteiger partial charge on any atom is -0.497 e. The molecule has 0 radical (unpaired) electrons. The molecule has 77 heavy (non-hydrogen) atoms. The summed E-state index contributed by atoms with van der Waals surface area (Å²) in [5.41, 5.74) is 6.95. The second-order valence-corrected chi connectivity index (χ2v) is 23.0. The Morgan fingerprint density at radius 1 is 0.714 bits per heavy atom. The number of H-pyrrole nitrogens is 1. The standard InChI is InChI=1S/C52H62N12O11S2/c1-51(2,3)74-49(65)56-27-37(28-57-50(66)75-52(4,5)6)60-76(67,68)44-23-22-41(36-24-25-54-42(26-36)43-29-55-48(53)58-43)45(47-59-61-62-64(47)32-35-14-20-40(73-9)21-15-35)46(44)77(69,70)63(30-33-10-16-38(71-7)17-11-33)31-34-12-18-39(72-8)19-13-34/h10-26,29,37,60H,27-28,30-32H2,1-9H3,(H,56,65)(H,57,66)(H3,53,55,58). The summed E-state index contributed by atoms with van der Waals surface area (Å²) in [5.74, 6) is 1.59. The van der Waals surface area contributed by atoms with Crippen molar-refractivity contribution >= 4 is 38.2 Å². The van der Waals surface area contributed by atoms with Crippen LogP contribution in [0.4, 0.5) is 15.5 Å². The maximum atomic E-state index is 16.5. The first kappa shape index (κ1) is 56.6. The third-order valence-corrected chi connectivity index (χ3v) is 14.9. The smallest absolute Gasteiger partial charge is 0.407 e. The molecule has 0 unspecified atom stereocenters. The first-order valence-corrected chi connectivity index (χ1v) is 26.9. The quantitative estimate of drug-likeness (QED) is 0.0510. The molecule has 7 rings (SSSR count). The number of anilines is 1. The SMILES string of the molecule is COc1ccc(CN(Cc2ccc(OC)cc2)S(=O)(=O)c2c(S(=O)(=O)NC(CNC(=O)OC(C)(C)C)CNC(=O)OC(C)(C)C)ccc(-c3ccnc(-c4cnc(N)[nH]4)c3)c2-c2nnnn2Cc2ccc(OC)cc2)cc1. The maximum Gasteiger partial charge on any atom is 0.407 e. The fourth-order valence-corrected chi connectivity index (χ4v) is 11.5. The molecule has 0 aliphatic carbocycles. The Kier molecular flexibility index (Phi) is 17.5. The lowest BCUT2D eigenvalue weighted by atomic mass is 9.98. The van der Waals surface area contributed by atoms with Gasteiger partial charge in [-0.05, 0) is 134 Å². The molecule has 7 aromatic rings. The molecule has 0 aliphatic rings. The fraction of sp³-hybridized carbons (Fsp3) is 0.327. The van der Waals surface area contributed by atoms with Gasteiger partial charge in [-0.2, -0.15) is 4.31 Å². The van der Waals surface area contributed by atoms with Crippen molar-refractivity contribution in [3.05, 3.63) is 126 Å². The van der Waals surface area contributed by atoms with E-state index in [2.05, 4.69) is 45.8 Å².